The van der Waals surface area contributed by atoms with Gasteiger partial charge in [0.15, 0.2) is 0 Å². The quantitative estimate of drug-likeness (QED) is 0.937. The van der Waals surface area contributed by atoms with Crippen LogP contribution >= 0.6 is 11.8 Å². The number of imidazole rings is 1. The number of pyridine rings is 1. The maximum absolute atomic E-state index is 12.5. The summed E-state index contributed by atoms with van der Waals surface area (Å²) >= 11 is 1.87. The summed E-state index contributed by atoms with van der Waals surface area (Å²) in [6.07, 6.45) is 2.84. The van der Waals surface area contributed by atoms with Gasteiger partial charge in [-0.2, -0.15) is 11.8 Å². The van der Waals surface area contributed by atoms with E-state index in [1.165, 1.54) is 0 Å². The predicted molar refractivity (Wildman–Crippen MR) is 83.9 cm³/mol. The first-order valence-corrected chi connectivity index (χ1v) is 8.15. The highest BCUT2D eigenvalue weighted by atomic mass is 32.2. The standard InChI is InChI=1S/C15H19N3O2S/c1-11-13(18-7-4-3-5-12(18)17-11)14(19)16-9-15(20-2)6-8-21-10-15/h3-5,7H,6,8-10H2,1-2H3,(H,16,19). The van der Waals surface area contributed by atoms with Crippen LogP contribution in [-0.4, -0.2) is 46.1 Å². The number of aryl methyl sites for hydroxylation is 1. The second-order valence-electron chi connectivity index (χ2n) is 5.35. The van der Waals surface area contributed by atoms with E-state index in [9.17, 15) is 4.79 Å². The van der Waals surface area contributed by atoms with Crippen molar-refractivity contribution in [3.05, 3.63) is 35.8 Å². The minimum atomic E-state index is -0.227. The molecule has 2 aromatic heterocycles. The van der Waals surface area contributed by atoms with E-state index in [4.69, 9.17) is 4.74 Å². The second kappa shape index (κ2) is 5.69. The van der Waals surface area contributed by atoms with E-state index in [0.29, 0.717) is 12.2 Å². The number of carbonyl (C=O) groups excluding carboxylic acids is 1. The molecule has 1 N–H and O–H groups in total. The highest BCUT2D eigenvalue weighted by molar-refractivity contribution is 7.99. The number of carbonyl (C=O) groups is 1. The van der Waals surface area contributed by atoms with Crippen LogP contribution in [0.1, 0.15) is 22.6 Å². The number of hydrogen-bond donors (Lipinski definition) is 1. The molecule has 1 aliphatic heterocycles. The van der Waals surface area contributed by atoms with Crippen LogP contribution in [0.25, 0.3) is 5.65 Å². The first-order chi connectivity index (χ1) is 10.2. The van der Waals surface area contributed by atoms with Gasteiger partial charge in [0, 0.05) is 25.6 Å². The maximum Gasteiger partial charge on any atom is 0.270 e. The average molecular weight is 305 g/mol. The molecule has 0 bridgehead atoms. The summed E-state index contributed by atoms with van der Waals surface area (Å²) < 4.78 is 7.45. The summed E-state index contributed by atoms with van der Waals surface area (Å²) in [7, 11) is 1.72. The van der Waals surface area contributed by atoms with Crippen molar-refractivity contribution in [3.8, 4) is 0 Å². The van der Waals surface area contributed by atoms with Gasteiger partial charge in [0.05, 0.1) is 11.3 Å². The van der Waals surface area contributed by atoms with E-state index in [0.717, 1.165) is 29.3 Å². The summed E-state index contributed by atoms with van der Waals surface area (Å²) in [5.41, 5.74) is 1.90. The van der Waals surface area contributed by atoms with Crippen LogP contribution in [0.5, 0.6) is 0 Å². The topological polar surface area (TPSA) is 55.6 Å². The predicted octanol–water partition coefficient (Wildman–Crippen LogP) is 1.89. The number of fused-ring (bicyclic) bond motifs is 1. The minimum absolute atomic E-state index is 0.0977. The Morgan fingerprint density at radius 1 is 1.57 bits per heavy atom. The Hall–Kier alpha value is -1.53. The van der Waals surface area contributed by atoms with E-state index < -0.39 is 0 Å². The SMILES string of the molecule is COC1(CNC(=O)c2c(C)nc3ccccn23)CCSC1. The van der Waals surface area contributed by atoms with Crippen LogP contribution in [0.3, 0.4) is 0 Å². The van der Waals surface area contributed by atoms with Crippen LogP contribution in [0.2, 0.25) is 0 Å². The number of aromatic nitrogens is 2. The van der Waals surface area contributed by atoms with Gasteiger partial charge in [-0.15, -0.1) is 0 Å². The molecule has 21 heavy (non-hydrogen) atoms. The molecular formula is C15H19N3O2S. The number of amides is 1. The van der Waals surface area contributed by atoms with Crippen LogP contribution < -0.4 is 5.32 Å². The fourth-order valence-corrected chi connectivity index (χ4v) is 4.07. The van der Waals surface area contributed by atoms with Gasteiger partial charge < -0.3 is 10.1 Å². The van der Waals surface area contributed by atoms with Crippen molar-refractivity contribution in [2.45, 2.75) is 18.9 Å². The molecule has 0 radical (unpaired) electrons. The molecule has 0 aromatic carbocycles. The number of rotatable bonds is 4. The molecular weight excluding hydrogens is 286 g/mol. The Morgan fingerprint density at radius 3 is 3.14 bits per heavy atom. The summed E-state index contributed by atoms with van der Waals surface area (Å²) in [5, 5.41) is 3.01. The third-order valence-corrected chi connectivity index (χ3v) is 5.21. The molecule has 0 spiro atoms. The molecule has 6 heteroatoms. The molecule has 0 aliphatic carbocycles. The van der Waals surface area contributed by atoms with Crippen molar-refractivity contribution < 1.29 is 9.53 Å². The van der Waals surface area contributed by atoms with Gasteiger partial charge in [0.1, 0.15) is 11.3 Å². The lowest BCUT2D eigenvalue weighted by Gasteiger charge is -2.26. The van der Waals surface area contributed by atoms with Crippen molar-refractivity contribution in [3.63, 3.8) is 0 Å². The van der Waals surface area contributed by atoms with Gasteiger partial charge in [-0.25, -0.2) is 4.98 Å². The lowest BCUT2D eigenvalue weighted by Crippen LogP contribution is -2.44. The number of thioether (sulfide) groups is 1. The zero-order chi connectivity index (χ0) is 14.9. The first-order valence-electron chi connectivity index (χ1n) is 7.00. The van der Waals surface area contributed by atoms with Crippen molar-refractivity contribution in [1.29, 1.82) is 0 Å². The normalized spacial score (nSPS) is 21.8. The highest BCUT2D eigenvalue weighted by Gasteiger charge is 2.35. The van der Waals surface area contributed by atoms with Crippen LogP contribution in [0.15, 0.2) is 24.4 Å². The highest BCUT2D eigenvalue weighted by Crippen LogP contribution is 2.30. The second-order valence-corrected chi connectivity index (χ2v) is 6.45. The molecule has 1 unspecified atom stereocenters. The van der Waals surface area contributed by atoms with E-state index in [1.54, 1.807) is 7.11 Å². The number of hydrogen-bond acceptors (Lipinski definition) is 4. The van der Waals surface area contributed by atoms with Crippen molar-refractivity contribution >= 4 is 23.3 Å². The molecule has 112 valence electrons. The summed E-state index contributed by atoms with van der Waals surface area (Å²) in [6.45, 7) is 2.40. The Balaban J connectivity index is 1.80. The lowest BCUT2D eigenvalue weighted by atomic mass is 10.0. The zero-order valence-electron chi connectivity index (χ0n) is 12.3. The van der Waals surface area contributed by atoms with Gasteiger partial charge in [0.25, 0.3) is 5.91 Å². The molecule has 3 rings (SSSR count). The molecule has 1 amide bonds. The largest absolute Gasteiger partial charge is 0.376 e. The number of nitrogens with zero attached hydrogens (tertiary/aromatic N) is 2. The summed E-state index contributed by atoms with van der Waals surface area (Å²) in [4.78, 5) is 16.9. The fourth-order valence-electron chi connectivity index (χ4n) is 2.67. The summed E-state index contributed by atoms with van der Waals surface area (Å²) in [6, 6.07) is 5.71. The minimum Gasteiger partial charge on any atom is -0.376 e. The average Bonchev–Trinajstić information content (AvgIpc) is 3.09. The molecule has 0 saturated carbocycles. The molecule has 1 aliphatic rings. The van der Waals surface area contributed by atoms with Gasteiger partial charge in [-0.3, -0.25) is 9.20 Å². The Labute approximate surface area is 128 Å². The Kier molecular flexibility index (Phi) is 3.91. The molecule has 1 saturated heterocycles. The summed E-state index contributed by atoms with van der Waals surface area (Å²) in [5.74, 6) is 1.91. The molecule has 5 nitrogen and oxygen atoms in total. The van der Waals surface area contributed by atoms with Gasteiger partial charge in [0.2, 0.25) is 0 Å². The zero-order valence-corrected chi connectivity index (χ0v) is 13.1. The fraction of sp³-hybridized carbons (Fsp3) is 0.467. The molecule has 1 fully saturated rings. The number of methoxy groups -OCH3 is 1. The van der Waals surface area contributed by atoms with E-state index in [1.807, 2.05) is 47.5 Å². The third-order valence-electron chi connectivity index (χ3n) is 3.99. The van der Waals surface area contributed by atoms with Crippen LogP contribution in [0, 0.1) is 6.92 Å². The smallest absolute Gasteiger partial charge is 0.270 e. The van der Waals surface area contributed by atoms with Crippen LogP contribution in [-0.2, 0) is 4.74 Å². The molecule has 1 atom stereocenters. The van der Waals surface area contributed by atoms with Gasteiger partial charge >= 0.3 is 0 Å². The Morgan fingerprint density at radius 2 is 2.43 bits per heavy atom. The van der Waals surface area contributed by atoms with Gasteiger partial charge in [-0.05, 0) is 31.2 Å². The Bertz CT molecular complexity index is 662. The lowest BCUT2D eigenvalue weighted by molar-refractivity contribution is 0.0136. The van der Waals surface area contributed by atoms with E-state index in [-0.39, 0.29) is 11.5 Å². The van der Waals surface area contributed by atoms with Crippen molar-refractivity contribution in [2.75, 3.05) is 25.2 Å². The molecule has 2 aromatic rings. The van der Waals surface area contributed by atoms with Crippen molar-refractivity contribution in [2.24, 2.45) is 0 Å². The maximum atomic E-state index is 12.5. The van der Waals surface area contributed by atoms with Crippen LogP contribution in [0.4, 0.5) is 0 Å². The van der Waals surface area contributed by atoms with E-state index in [2.05, 4.69) is 10.3 Å². The number of nitrogens with one attached hydrogen (secondary N) is 1. The monoisotopic (exact) mass is 305 g/mol. The first kappa shape index (κ1) is 14.4. The molecule has 3 heterocycles. The van der Waals surface area contributed by atoms with Gasteiger partial charge in [-0.1, -0.05) is 6.07 Å². The van der Waals surface area contributed by atoms with Crippen molar-refractivity contribution in [1.82, 2.24) is 14.7 Å². The van der Waals surface area contributed by atoms with E-state index >= 15 is 0 Å². The number of ether oxygens (including phenoxy) is 1. The third kappa shape index (κ3) is 2.65.